The van der Waals surface area contributed by atoms with Crippen LogP contribution >= 0.6 is 11.6 Å². The van der Waals surface area contributed by atoms with Crippen molar-refractivity contribution in [3.05, 3.63) is 35.1 Å². The third-order valence-corrected chi connectivity index (χ3v) is 5.25. The second-order valence-corrected chi connectivity index (χ2v) is 7.30. The van der Waals surface area contributed by atoms with Crippen molar-refractivity contribution in [2.24, 2.45) is 0 Å². The number of ether oxygens (including phenoxy) is 3. The molecule has 1 aliphatic heterocycles. The molecule has 14 heteroatoms. The number of halogens is 4. The minimum atomic E-state index is -4.68. The molecule has 0 saturated carbocycles. The molecule has 4 atom stereocenters. The lowest BCUT2D eigenvalue weighted by molar-refractivity contribution is -0.137. The van der Waals surface area contributed by atoms with Crippen LogP contribution in [-0.4, -0.2) is 61.8 Å². The number of fused-ring (bicyclic) bond motifs is 1. The first-order chi connectivity index (χ1) is 15.1. The number of anilines is 1. The highest BCUT2D eigenvalue weighted by atomic mass is 35.5. The van der Waals surface area contributed by atoms with Gasteiger partial charge in [0.05, 0.1) is 23.5 Å². The first-order valence-electron chi connectivity index (χ1n) is 9.16. The standard InChI is InChI=1S/C18H17ClF3N5O5/c1-30-13-12(29)10(5-28)32-16(13)27-6-24-11-14(23)25-17(26-15(11)27)31-7-2-3-9(19)8(4-7)18(20,21)22/h2-4,6,10,12-13,16,28-29H,5H2,1H3,(H2,23,25,26)/t10-,12-,13-,16-/m1/s1. The lowest BCUT2D eigenvalue weighted by Crippen LogP contribution is -2.34. The number of aliphatic hydroxyl groups excluding tert-OH is 2. The third-order valence-electron chi connectivity index (χ3n) is 4.92. The molecule has 3 aromatic rings. The van der Waals surface area contributed by atoms with E-state index in [0.717, 1.165) is 6.07 Å². The van der Waals surface area contributed by atoms with Gasteiger partial charge in [0.1, 0.15) is 24.1 Å². The highest BCUT2D eigenvalue weighted by Crippen LogP contribution is 2.38. The van der Waals surface area contributed by atoms with Gasteiger partial charge in [-0.2, -0.15) is 23.1 Å². The minimum absolute atomic E-state index is 0.0972. The van der Waals surface area contributed by atoms with Gasteiger partial charge in [0.25, 0.3) is 0 Å². The molecule has 0 unspecified atom stereocenters. The molecule has 10 nitrogen and oxygen atoms in total. The van der Waals surface area contributed by atoms with Crippen LogP contribution in [0, 0.1) is 0 Å². The largest absolute Gasteiger partial charge is 0.424 e. The van der Waals surface area contributed by atoms with Gasteiger partial charge in [-0.05, 0) is 18.2 Å². The van der Waals surface area contributed by atoms with Crippen LogP contribution in [0.15, 0.2) is 24.5 Å². The van der Waals surface area contributed by atoms with Crippen LogP contribution in [0.3, 0.4) is 0 Å². The predicted octanol–water partition coefficient (Wildman–Crippen LogP) is 2.14. The first-order valence-corrected chi connectivity index (χ1v) is 9.53. The van der Waals surface area contributed by atoms with Crippen molar-refractivity contribution >= 4 is 28.6 Å². The number of nitrogens with two attached hydrogens (primary N) is 1. The highest BCUT2D eigenvalue weighted by Gasteiger charge is 2.45. The Labute approximate surface area is 183 Å². The van der Waals surface area contributed by atoms with Crippen molar-refractivity contribution in [1.29, 1.82) is 0 Å². The molecule has 0 amide bonds. The van der Waals surface area contributed by atoms with Crippen molar-refractivity contribution in [2.75, 3.05) is 19.5 Å². The van der Waals surface area contributed by atoms with E-state index in [4.69, 9.17) is 31.5 Å². The molecule has 3 heterocycles. The van der Waals surface area contributed by atoms with E-state index in [2.05, 4.69) is 15.0 Å². The Morgan fingerprint density at radius 2 is 2.06 bits per heavy atom. The number of hydrogen-bond donors (Lipinski definition) is 3. The Morgan fingerprint density at radius 1 is 1.31 bits per heavy atom. The smallest absolute Gasteiger partial charge is 0.417 e. The summed E-state index contributed by atoms with van der Waals surface area (Å²) in [5, 5.41) is 19.2. The molecule has 32 heavy (non-hydrogen) atoms. The number of methoxy groups -OCH3 is 1. The molecule has 172 valence electrons. The third kappa shape index (κ3) is 3.93. The normalized spacial score (nSPS) is 23.7. The van der Waals surface area contributed by atoms with Crippen molar-refractivity contribution in [3.8, 4) is 11.8 Å². The van der Waals surface area contributed by atoms with Crippen LogP contribution < -0.4 is 10.5 Å². The van der Waals surface area contributed by atoms with Crippen molar-refractivity contribution in [3.63, 3.8) is 0 Å². The van der Waals surface area contributed by atoms with Gasteiger partial charge in [-0.25, -0.2) is 4.98 Å². The average Bonchev–Trinajstić information content (AvgIpc) is 3.29. The van der Waals surface area contributed by atoms with E-state index in [1.807, 2.05) is 0 Å². The molecule has 2 aromatic heterocycles. The number of imidazole rings is 1. The maximum atomic E-state index is 13.1. The topological polar surface area (TPSA) is 138 Å². The maximum absolute atomic E-state index is 13.1. The number of benzene rings is 1. The monoisotopic (exact) mass is 475 g/mol. The van der Waals surface area contributed by atoms with Crippen LogP contribution in [-0.2, 0) is 15.7 Å². The Kier molecular flexibility index (Phi) is 5.85. The Balaban J connectivity index is 1.72. The molecule has 0 spiro atoms. The molecular weight excluding hydrogens is 459 g/mol. The van der Waals surface area contributed by atoms with Crippen LogP contribution in [0.25, 0.3) is 11.2 Å². The summed E-state index contributed by atoms with van der Waals surface area (Å²) in [7, 11) is 1.36. The van der Waals surface area contributed by atoms with E-state index in [9.17, 15) is 23.4 Å². The van der Waals surface area contributed by atoms with Crippen molar-refractivity contribution < 1.29 is 37.6 Å². The fourth-order valence-electron chi connectivity index (χ4n) is 3.39. The number of hydrogen-bond acceptors (Lipinski definition) is 9. The molecule has 0 bridgehead atoms. The number of nitrogens with zero attached hydrogens (tertiary/aromatic N) is 4. The van der Waals surface area contributed by atoms with Crippen molar-refractivity contribution in [2.45, 2.75) is 30.7 Å². The van der Waals surface area contributed by atoms with E-state index in [0.29, 0.717) is 6.07 Å². The SMILES string of the molecule is CO[C@@H]1[C@H](O)[C@@H](CO)O[C@H]1n1cnc2c(N)nc(Oc3ccc(Cl)c(C(F)(F)F)c3)nc21. The van der Waals surface area contributed by atoms with Crippen LogP contribution in [0.5, 0.6) is 11.8 Å². The Bertz CT molecular complexity index is 1140. The van der Waals surface area contributed by atoms with Gasteiger partial charge in [-0.3, -0.25) is 4.57 Å². The zero-order valence-electron chi connectivity index (χ0n) is 16.3. The number of rotatable bonds is 5. The summed E-state index contributed by atoms with van der Waals surface area (Å²) in [6.45, 7) is -0.451. The second kappa shape index (κ2) is 8.33. The van der Waals surface area contributed by atoms with Gasteiger partial charge in [0, 0.05) is 7.11 Å². The van der Waals surface area contributed by atoms with Crippen LogP contribution in [0.4, 0.5) is 19.0 Å². The fraction of sp³-hybridized carbons (Fsp3) is 0.389. The van der Waals surface area contributed by atoms with E-state index in [-0.39, 0.29) is 28.7 Å². The quantitative estimate of drug-likeness (QED) is 0.506. The summed E-state index contributed by atoms with van der Waals surface area (Å²) in [5.41, 5.74) is 5.13. The summed E-state index contributed by atoms with van der Waals surface area (Å²) in [5.74, 6) is -0.311. The zero-order chi connectivity index (χ0) is 23.2. The number of nitrogen functional groups attached to an aromatic ring is 1. The second-order valence-electron chi connectivity index (χ2n) is 6.90. The fourth-order valence-corrected chi connectivity index (χ4v) is 3.61. The molecule has 1 aliphatic rings. The Hall–Kier alpha value is -2.71. The zero-order valence-corrected chi connectivity index (χ0v) is 17.1. The highest BCUT2D eigenvalue weighted by molar-refractivity contribution is 6.31. The summed E-state index contributed by atoms with van der Waals surface area (Å²) in [4.78, 5) is 12.2. The molecule has 1 saturated heterocycles. The average molecular weight is 476 g/mol. The lowest BCUT2D eigenvalue weighted by Gasteiger charge is -2.20. The summed E-state index contributed by atoms with van der Waals surface area (Å²) in [6, 6.07) is 2.63. The van der Waals surface area contributed by atoms with Crippen molar-refractivity contribution in [1.82, 2.24) is 19.5 Å². The van der Waals surface area contributed by atoms with Gasteiger partial charge in [0.15, 0.2) is 23.2 Å². The molecular formula is C18H17ClF3N5O5. The van der Waals surface area contributed by atoms with Gasteiger partial charge in [-0.15, -0.1) is 0 Å². The van der Waals surface area contributed by atoms with E-state index < -0.39 is 47.9 Å². The molecule has 4 rings (SSSR count). The molecule has 0 radical (unpaired) electrons. The summed E-state index contributed by atoms with van der Waals surface area (Å²) < 4.78 is 57.1. The summed E-state index contributed by atoms with van der Waals surface area (Å²) >= 11 is 5.63. The van der Waals surface area contributed by atoms with E-state index in [1.54, 1.807) is 0 Å². The van der Waals surface area contributed by atoms with Crippen LogP contribution in [0.1, 0.15) is 11.8 Å². The maximum Gasteiger partial charge on any atom is 0.417 e. The first kappa shape index (κ1) is 22.5. The number of aromatic nitrogens is 4. The predicted molar refractivity (Wildman–Crippen MR) is 104 cm³/mol. The Morgan fingerprint density at radius 3 is 2.72 bits per heavy atom. The van der Waals surface area contributed by atoms with Gasteiger partial charge in [0.2, 0.25) is 0 Å². The molecule has 1 aromatic carbocycles. The van der Waals surface area contributed by atoms with Gasteiger partial charge >= 0.3 is 12.2 Å². The molecule has 0 aliphatic carbocycles. The van der Waals surface area contributed by atoms with Gasteiger partial charge in [-0.1, -0.05) is 11.6 Å². The minimum Gasteiger partial charge on any atom is -0.424 e. The number of aliphatic hydroxyl groups is 2. The van der Waals surface area contributed by atoms with Crippen LogP contribution in [0.2, 0.25) is 5.02 Å². The number of alkyl halides is 3. The lowest BCUT2D eigenvalue weighted by atomic mass is 10.1. The summed E-state index contributed by atoms with van der Waals surface area (Å²) in [6.07, 6.45) is -7.18. The molecule has 4 N–H and O–H groups in total. The van der Waals surface area contributed by atoms with E-state index in [1.165, 1.54) is 24.1 Å². The van der Waals surface area contributed by atoms with E-state index >= 15 is 0 Å². The van der Waals surface area contributed by atoms with Gasteiger partial charge < -0.3 is 30.2 Å². The molecule has 1 fully saturated rings.